The zero-order valence-corrected chi connectivity index (χ0v) is 9.91. The Morgan fingerprint density at radius 3 is 2.27 bits per heavy atom. The van der Waals surface area contributed by atoms with Crippen LogP contribution in [0.1, 0.15) is 32.3 Å². The fourth-order valence-electron chi connectivity index (χ4n) is 1.34. The van der Waals surface area contributed by atoms with E-state index in [1.165, 1.54) is 0 Å². The second kappa shape index (κ2) is 5.06. The molecule has 0 bridgehead atoms. The van der Waals surface area contributed by atoms with E-state index in [1.807, 2.05) is 32.0 Å². The van der Waals surface area contributed by atoms with Crippen molar-refractivity contribution in [3.63, 3.8) is 0 Å². The molecule has 0 fully saturated rings. The largest absolute Gasteiger partial charge is 0.493 e. The van der Waals surface area contributed by atoms with Crippen LogP contribution in [-0.2, 0) is 0 Å². The lowest BCUT2D eigenvalue weighted by atomic mass is 10.0. The third kappa shape index (κ3) is 3.15. The molecule has 1 aromatic carbocycles. The molecule has 0 spiro atoms. The molecule has 15 heavy (non-hydrogen) atoms. The van der Waals surface area contributed by atoms with E-state index in [0.717, 1.165) is 17.1 Å². The van der Waals surface area contributed by atoms with Crippen LogP contribution in [0.4, 0.5) is 0 Å². The minimum absolute atomic E-state index is 0.155. The maximum Gasteiger partial charge on any atom is 0.161 e. The van der Waals surface area contributed by atoms with Gasteiger partial charge in [0.2, 0.25) is 0 Å². The fraction of sp³-hybridized carbons (Fsp3) is 0.462. The molecule has 1 aromatic rings. The number of ether oxygens (including phenoxy) is 2. The summed E-state index contributed by atoms with van der Waals surface area (Å²) >= 11 is 0. The van der Waals surface area contributed by atoms with Crippen molar-refractivity contribution in [3.8, 4) is 11.5 Å². The molecular formula is C13H19O2. The van der Waals surface area contributed by atoms with Gasteiger partial charge in [-0.1, -0.05) is 13.0 Å². The van der Waals surface area contributed by atoms with Gasteiger partial charge in [-0.3, -0.25) is 0 Å². The lowest BCUT2D eigenvalue weighted by Gasteiger charge is -2.15. The van der Waals surface area contributed by atoms with E-state index in [0.29, 0.717) is 0 Å². The monoisotopic (exact) mass is 207 g/mol. The Labute approximate surface area is 92.2 Å². The summed E-state index contributed by atoms with van der Waals surface area (Å²) in [5.74, 6) is 1.82. The van der Waals surface area contributed by atoms with Gasteiger partial charge < -0.3 is 9.47 Å². The second-order valence-electron chi connectivity index (χ2n) is 3.98. The summed E-state index contributed by atoms with van der Waals surface area (Å²) in [6.07, 6.45) is 0.155. The number of benzene rings is 1. The van der Waals surface area contributed by atoms with Gasteiger partial charge in [-0.05, 0) is 44.4 Å². The molecule has 0 saturated heterocycles. The summed E-state index contributed by atoms with van der Waals surface area (Å²) in [7, 11) is 1.65. The third-order valence-electron chi connectivity index (χ3n) is 2.12. The van der Waals surface area contributed by atoms with E-state index < -0.39 is 0 Å². The topological polar surface area (TPSA) is 18.5 Å². The van der Waals surface area contributed by atoms with Crippen LogP contribution < -0.4 is 9.47 Å². The molecule has 1 rings (SSSR count). The summed E-state index contributed by atoms with van der Waals surface area (Å²) in [4.78, 5) is 0. The van der Waals surface area contributed by atoms with Gasteiger partial charge in [-0.2, -0.15) is 0 Å². The normalized spacial score (nSPS) is 10.9. The highest BCUT2D eigenvalue weighted by Crippen LogP contribution is 2.31. The Morgan fingerprint density at radius 2 is 1.80 bits per heavy atom. The third-order valence-corrected chi connectivity index (χ3v) is 2.12. The van der Waals surface area contributed by atoms with Gasteiger partial charge in [-0.25, -0.2) is 0 Å². The molecule has 1 atom stereocenters. The Bertz CT molecular complexity index is 316. The van der Waals surface area contributed by atoms with Crippen molar-refractivity contribution >= 4 is 0 Å². The summed E-state index contributed by atoms with van der Waals surface area (Å²) in [5, 5.41) is 0. The number of hydrogen-bond acceptors (Lipinski definition) is 2. The van der Waals surface area contributed by atoms with E-state index in [1.54, 1.807) is 7.11 Å². The van der Waals surface area contributed by atoms with Crippen LogP contribution >= 0.6 is 0 Å². The van der Waals surface area contributed by atoms with Gasteiger partial charge in [0.15, 0.2) is 11.5 Å². The van der Waals surface area contributed by atoms with Crippen molar-refractivity contribution < 1.29 is 9.47 Å². The molecule has 83 valence electrons. The van der Waals surface area contributed by atoms with Crippen LogP contribution in [0.3, 0.4) is 0 Å². The van der Waals surface area contributed by atoms with Gasteiger partial charge in [0.1, 0.15) is 0 Å². The van der Waals surface area contributed by atoms with Gasteiger partial charge in [0.05, 0.1) is 13.2 Å². The molecule has 0 heterocycles. The van der Waals surface area contributed by atoms with Crippen LogP contribution in [0.5, 0.6) is 11.5 Å². The van der Waals surface area contributed by atoms with Crippen LogP contribution in [0.2, 0.25) is 0 Å². The lowest BCUT2D eigenvalue weighted by molar-refractivity contribution is 0.230. The first-order valence-electron chi connectivity index (χ1n) is 5.22. The predicted molar refractivity (Wildman–Crippen MR) is 62.5 cm³/mol. The SMILES string of the molecule is [CH2]C(C)c1ccc(OC(C)C)c(OC)c1. The summed E-state index contributed by atoms with van der Waals surface area (Å²) in [6.45, 7) is 10.0. The van der Waals surface area contributed by atoms with Gasteiger partial charge in [-0.15, -0.1) is 0 Å². The van der Waals surface area contributed by atoms with E-state index >= 15 is 0 Å². The first-order chi connectivity index (χ1) is 7.04. The quantitative estimate of drug-likeness (QED) is 0.753. The maximum absolute atomic E-state index is 5.63. The van der Waals surface area contributed by atoms with Gasteiger partial charge in [0.25, 0.3) is 0 Å². The smallest absolute Gasteiger partial charge is 0.161 e. The van der Waals surface area contributed by atoms with E-state index in [2.05, 4.69) is 13.8 Å². The molecule has 0 aromatic heterocycles. The molecule has 0 aliphatic rings. The van der Waals surface area contributed by atoms with Crippen LogP contribution in [0.25, 0.3) is 0 Å². The number of methoxy groups -OCH3 is 1. The molecule has 0 amide bonds. The van der Waals surface area contributed by atoms with E-state index in [9.17, 15) is 0 Å². The van der Waals surface area contributed by atoms with Crippen molar-refractivity contribution in [3.05, 3.63) is 30.7 Å². The molecule has 2 nitrogen and oxygen atoms in total. The minimum Gasteiger partial charge on any atom is -0.493 e. The van der Waals surface area contributed by atoms with Crippen molar-refractivity contribution in [1.29, 1.82) is 0 Å². The first kappa shape index (κ1) is 11.9. The predicted octanol–water partition coefficient (Wildman–Crippen LogP) is 3.42. The van der Waals surface area contributed by atoms with E-state index in [-0.39, 0.29) is 12.0 Å². The van der Waals surface area contributed by atoms with Gasteiger partial charge >= 0.3 is 0 Å². The Hall–Kier alpha value is -1.18. The molecule has 0 aliphatic carbocycles. The highest BCUT2D eigenvalue weighted by Gasteiger charge is 2.08. The Kier molecular flexibility index (Phi) is 4.01. The fourth-order valence-corrected chi connectivity index (χ4v) is 1.34. The van der Waals surface area contributed by atoms with Crippen molar-refractivity contribution in [2.75, 3.05) is 7.11 Å². The molecule has 0 saturated carbocycles. The van der Waals surface area contributed by atoms with Crippen molar-refractivity contribution in [2.45, 2.75) is 32.8 Å². The molecule has 1 radical (unpaired) electrons. The van der Waals surface area contributed by atoms with Crippen LogP contribution in [-0.4, -0.2) is 13.2 Å². The number of hydrogen-bond donors (Lipinski definition) is 0. The minimum atomic E-state index is 0.155. The maximum atomic E-state index is 5.63. The summed E-state index contributed by atoms with van der Waals surface area (Å²) in [5.41, 5.74) is 1.16. The van der Waals surface area contributed by atoms with Crippen LogP contribution in [0, 0.1) is 6.92 Å². The molecule has 0 N–H and O–H groups in total. The molecule has 0 aliphatic heterocycles. The second-order valence-corrected chi connectivity index (χ2v) is 3.98. The van der Waals surface area contributed by atoms with Gasteiger partial charge in [0, 0.05) is 0 Å². The standard InChI is InChI=1S/C13H19O2/c1-9(2)11-6-7-12(15-10(3)4)13(8-11)14-5/h6-10H,1H2,2-5H3. The van der Waals surface area contributed by atoms with Crippen LogP contribution in [0.15, 0.2) is 18.2 Å². The average Bonchev–Trinajstić information content (AvgIpc) is 2.17. The molecule has 1 unspecified atom stereocenters. The first-order valence-corrected chi connectivity index (χ1v) is 5.22. The highest BCUT2D eigenvalue weighted by atomic mass is 16.5. The van der Waals surface area contributed by atoms with E-state index in [4.69, 9.17) is 9.47 Å². The zero-order chi connectivity index (χ0) is 11.4. The molecular weight excluding hydrogens is 188 g/mol. The highest BCUT2D eigenvalue weighted by molar-refractivity contribution is 5.44. The van der Waals surface area contributed by atoms with Crippen molar-refractivity contribution in [1.82, 2.24) is 0 Å². The zero-order valence-electron chi connectivity index (χ0n) is 9.91. The Morgan fingerprint density at radius 1 is 1.13 bits per heavy atom. The summed E-state index contributed by atoms with van der Waals surface area (Å²) < 4.78 is 10.9. The molecule has 2 heteroatoms. The Balaban J connectivity index is 2.98. The average molecular weight is 207 g/mol. The summed E-state index contributed by atoms with van der Waals surface area (Å²) in [6, 6.07) is 5.95. The van der Waals surface area contributed by atoms with Crippen molar-refractivity contribution in [2.24, 2.45) is 0 Å². The lowest BCUT2D eigenvalue weighted by Crippen LogP contribution is -2.07. The number of rotatable bonds is 4.